The molecule has 0 aliphatic carbocycles. The highest BCUT2D eigenvalue weighted by molar-refractivity contribution is 5.69. The molecule has 2 heteroatoms. The maximum atomic E-state index is 12.1. The molecule has 0 saturated heterocycles. The maximum Gasteiger partial charge on any atom is 0.305 e. The van der Waals surface area contributed by atoms with Gasteiger partial charge in [-0.25, -0.2) is 0 Å². The molecule has 0 fully saturated rings. The summed E-state index contributed by atoms with van der Waals surface area (Å²) in [7, 11) is 0. The van der Waals surface area contributed by atoms with Gasteiger partial charge < -0.3 is 4.74 Å². The van der Waals surface area contributed by atoms with Crippen LogP contribution in [0.4, 0.5) is 0 Å². The van der Waals surface area contributed by atoms with Crippen molar-refractivity contribution in [2.45, 2.75) is 176 Å². The SMILES string of the molecule is CCCCCCCCCCCCCCCC(=O)OCCCC(C)(CC)C(CCC)CCCC. The van der Waals surface area contributed by atoms with Crippen LogP contribution in [-0.2, 0) is 9.53 Å². The number of hydrogen-bond donors (Lipinski definition) is 0. The Bertz CT molecular complexity index is 419. The number of hydrogen-bond acceptors (Lipinski definition) is 2. The molecule has 0 N–H and O–H groups in total. The smallest absolute Gasteiger partial charge is 0.305 e. The molecular formula is C31H62O2. The van der Waals surface area contributed by atoms with Gasteiger partial charge in [-0.1, -0.05) is 144 Å². The lowest BCUT2D eigenvalue weighted by atomic mass is 9.68. The molecule has 0 aromatic heterocycles. The highest BCUT2D eigenvalue weighted by Gasteiger charge is 2.30. The minimum atomic E-state index is 0.0207. The van der Waals surface area contributed by atoms with Crippen molar-refractivity contribution in [1.82, 2.24) is 0 Å². The molecule has 0 radical (unpaired) electrons. The second-order valence-electron chi connectivity index (χ2n) is 11.0. The van der Waals surface area contributed by atoms with E-state index in [4.69, 9.17) is 4.74 Å². The predicted molar refractivity (Wildman–Crippen MR) is 147 cm³/mol. The molecule has 0 aliphatic rings. The van der Waals surface area contributed by atoms with Crippen LogP contribution in [0.5, 0.6) is 0 Å². The van der Waals surface area contributed by atoms with E-state index in [2.05, 4.69) is 34.6 Å². The Hall–Kier alpha value is -0.530. The minimum absolute atomic E-state index is 0.0207. The lowest BCUT2D eigenvalue weighted by Crippen LogP contribution is -2.27. The fourth-order valence-corrected chi connectivity index (χ4v) is 5.33. The van der Waals surface area contributed by atoms with E-state index in [1.54, 1.807) is 0 Å². The third-order valence-corrected chi connectivity index (χ3v) is 7.98. The Labute approximate surface area is 209 Å². The summed E-state index contributed by atoms with van der Waals surface area (Å²) in [5.41, 5.74) is 0.395. The fraction of sp³-hybridized carbons (Fsp3) is 0.968. The molecule has 0 rings (SSSR count). The quantitative estimate of drug-likeness (QED) is 0.0987. The first-order valence-corrected chi connectivity index (χ1v) is 15.2. The van der Waals surface area contributed by atoms with Gasteiger partial charge in [-0.3, -0.25) is 4.79 Å². The van der Waals surface area contributed by atoms with Crippen molar-refractivity contribution in [3.63, 3.8) is 0 Å². The summed E-state index contributed by atoms with van der Waals surface area (Å²) in [4.78, 5) is 12.1. The molecular weight excluding hydrogens is 404 g/mol. The number of unbranched alkanes of at least 4 members (excludes halogenated alkanes) is 13. The van der Waals surface area contributed by atoms with Crippen LogP contribution in [0.2, 0.25) is 0 Å². The molecule has 198 valence electrons. The van der Waals surface area contributed by atoms with Crippen LogP contribution in [0.15, 0.2) is 0 Å². The second-order valence-corrected chi connectivity index (χ2v) is 11.0. The topological polar surface area (TPSA) is 26.3 Å². The van der Waals surface area contributed by atoms with Crippen LogP contribution < -0.4 is 0 Å². The summed E-state index contributed by atoms with van der Waals surface area (Å²) in [6, 6.07) is 0. The summed E-state index contributed by atoms with van der Waals surface area (Å²) in [5.74, 6) is 0.835. The van der Waals surface area contributed by atoms with Gasteiger partial charge in [0.2, 0.25) is 0 Å². The molecule has 33 heavy (non-hydrogen) atoms. The zero-order valence-corrected chi connectivity index (χ0v) is 23.7. The van der Waals surface area contributed by atoms with Gasteiger partial charge >= 0.3 is 5.97 Å². The molecule has 0 aliphatic heterocycles. The van der Waals surface area contributed by atoms with Crippen LogP contribution in [0.1, 0.15) is 176 Å². The summed E-state index contributed by atoms with van der Waals surface area (Å²) in [5, 5.41) is 0. The van der Waals surface area contributed by atoms with Crippen molar-refractivity contribution in [2.24, 2.45) is 11.3 Å². The number of carbonyl (C=O) groups is 1. The number of rotatable bonds is 25. The Morgan fingerprint density at radius 3 is 1.64 bits per heavy atom. The van der Waals surface area contributed by atoms with Crippen molar-refractivity contribution in [2.75, 3.05) is 6.61 Å². The van der Waals surface area contributed by atoms with E-state index in [1.165, 1.54) is 122 Å². The average molecular weight is 467 g/mol. The van der Waals surface area contributed by atoms with Crippen molar-refractivity contribution >= 4 is 5.97 Å². The van der Waals surface area contributed by atoms with Gasteiger partial charge in [-0.05, 0) is 37.0 Å². The summed E-state index contributed by atoms with van der Waals surface area (Å²) < 4.78 is 5.57. The van der Waals surface area contributed by atoms with E-state index in [0.29, 0.717) is 18.4 Å². The fourth-order valence-electron chi connectivity index (χ4n) is 5.33. The Morgan fingerprint density at radius 1 is 0.636 bits per heavy atom. The number of ether oxygens (including phenoxy) is 1. The van der Waals surface area contributed by atoms with Gasteiger partial charge in [-0.2, -0.15) is 0 Å². The number of esters is 1. The minimum Gasteiger partial charge on any atom is -0.466 e. The maximum absolute atomic E-state index is 12.1. The van der Waals surface area contributed by atoms with Crippen molar-refractivity contribution < 1.29 is 9.53 Å². The molecule has 2 nitrogen and oxygen atoms in total. The van der Waals surface area contributed by atoms with Gasteiger partial charge in [0.15, 0.2) is 0 Å². The molecule has 2 atom stereocenters. The normalized spacial score (nSPS) is 14.2. The lowest BCUT2D eigenvalue weighted by molar-refractivity contribution is -0.144. The van der Waals surface area contributed by atoms with Gasteiger partial charge in [0.05, 0.1) is 6.61 Å². The van der Waals surface area contributed by atoms with Crippen LogP contribution in [0, 0.1) is 11.3 Å². The van der Waals surface area contributed by atoms with E-state index < -0.39 is 0 Å². The van der Waals surface area contributed by atoms with Crippen LogP contribution in [0.25, 0.3) is 0 Å². The standard InChI is InChI=1S/C31H62O2/c1-6-10-12-13-14-15-16-17-18-19-20-21-22-26-30(32)33-28-23-27-31(5,9-4)29(24-8-3)25-11-7-2/h29H,6-28H2,1-5H3. The molecule has 0 aromatic carbocycles. The van der Waals surface area contributed by atoms with E-state index in [-0.39, 0.29) is 5.97 Å². The van der Waals surface area contributed by atoms with Gasteiger partial charge in [0.25, 0.3) is 0 Å². The summed E-state index contributed by atoms with van der Waals surface area (Å²) >= 11 is 0. The zero-order chi connectivity index (χ0) is 24.6. The Morgan fingerprint density at radius 2 is 1.15 bits per heavy atom. The molecule has 0 spiro atoms. The molecule has 2 unspecified atom stereocenters. The third kappa shape index (κ3) is 18.5. The van der Waals surface area contributed by atoms with Crippen LogP contribution in [0.3, 0.4) is 0 Å². The van der Waals surface area contributed by atoms with Gasteiger partial charge in [0.1, 0.15) is 0 Å². The van der Waals surface area contributed by atoms with Crippen molar-refractivity contribution in [3.05, 3.63) is 0 Å². The van der Waals surface area contributed by atoms with Gasteiger partial charge in [0, 0.05) is 6.42 Å². The Balaban J connectivity index is 3.71. The van der Waals surface area contributed by atoms with Gasteiger partial charge in [-0.15, -0.1) is 0 Å². The molecule has 0 aromatic rings. The summed E-state index contributed by atoms with van der Waals surface area (Å²) in [6.45, 7) is 12.3. The van der Waals surface area contributed by atoms with E-state index in [9.17, 15) is 4.79 Å². The van der Waals surface area contributed by atoms with Crippen LogP contribution in [-0.4, -0.2) is 12.6 Å². The first kappa shape index (κ1) is 32.5. The van der Waals surface area contributed by atoms with E-state index in [0.717, 1.165) is 18.8 Å². The van der Waals surface area contributed by atoms with E-state index in [1.807, 2.05) is 0 Å². The Kier molecular flexibility index (Phi) is 22.9. The van der Waals surface area contributed by atoms with Crippen LogP contribution >= 0.6 is 0 Å². The molecule has 0 saturated carbocycles. The van der Waals surface area contributed by atoms with E-state index >= 15 is 0 Å². The highest BCUT2D eigenvalue weighted by Crippen LogP contribution is 2.41. The monoisotopic (exact) mass is 466 g/mol. The highest BCUT2D eigenvalue weighted by atomic mass is 16.5. The third-order valence-electron chi connectivity index (χ3n) is 7.98. The lowest BCUT2D eigenvalue weighted by Gasteiger charge is -2.37. The molecule has 0 amide bonds. The largest absolute Gasteiger partial charge is 0.466 e. The zero-order valence-electron chi connectivity index (χ0n) is 23.7. The first-order chi connectivity index (χ1) is 16.0. The first-order valence-electron chi connectivity index (χ1n) is 15.2. The second kappa shape index (κ2) is 23.2. The predicted octanol–water partition coefficient (Wildman–Crippen LogP) is 10.8. The van der Waals surface area contributed by atoms with Crippen molar-refractivity contribution in [3.8, 4) is 0 Å². The average Bonchev–Trinajstić information content (AvgIpc) is 2.82. The molecule has 0 bridgehead atoms. The molecule has 0 heterocycles. The number of carbonyl (C=O) groups excluding carboxylic acids is 1. The summed E-state index contributed by atoms with van der Waals surface area (Å²) in [6.07, 6.45) is 28.0. The van der Waals surface area contributed by atoms with Crippen molar-refractivity contribution in [1.29, 1.82) is 0 Å².